The largest absolute Gasteiger partial charge is 0.455 e. The predicted molar refractivity (Wildman–Crippen MR) is 259 cm³/mol. The smallest absolute Gasteiger partial charge is 0.160 e. The zero-order chi connectivity index (χ0) is 41.4. The molecule has 0 aliphatic rings. The van der Waals surface area contributed by atoms with Crippen LogP contribution >= 0.6 is 11.3 Å². The standard InChI is InChI=1S/C57H39N3OS/c58-49-25-12-10-22-46(49)54-48(35-37-15-4-1-5-16-37)53(55(61-54)47-24-14-23-45-44-21-11-13-26-52(44)62-56(45)47)42-33-29-39(30-34-42)38-27-31-41(32-28-38)51-36-50(40-17-6-2-7-18-40)59-57(60-51)43-19-8-3-9-20-43/h1-34,36H,35,58H2. The fourth-order valence-electron chi connectivity index (χ4n) is 8.51. The molecule has 5 heteroatoms. The van der Waals surface area contributed by atoms with Crippen LogP contribution in [0.1, 0.15) is 11.1 Å². The number of rotatable bonds is 9. The Kier molecular flexibility index (Phi) is 9.57. The van der Waals surface area contributed by atoms with Gasteiger partial charge >= 0.3 is 0 Å². The van der Waals surface area contributed by atoms with E-state index in [0.717, 1.165) is 78.5 Å². The molecule has 11 rings (SSSR count). The van der Waals surface area contributed by atoms with E-state index in [-0.39, 0.29) is 0 Å². The minimum absolute atomic E-state index is 0.677. The maximum atomic E-state index is 7.19. The molecule has 62 heavy (non-hydrogen) atoms. The maximum absolute atomic E-state index is 7.19. The van der Waals surface area contributed by atoms with Gasteiger partial charge in [0.1, 0.15) is 11.5 Å². The number of nitrogens with zero attached hydrogens (tertiary/aromatic N) is 2. The number of furan rings is 1. The van der Waals surface area contributed by atoms with Crippen molar-refractivity contribution in [2.24, 2.45) is 0 Å². The lowest BCUT2D eigenvalue weighted by atomic mass is 9.90. The summed E-state index contributed by atoms with van der Waals surface area (Å²) in [4.78, 5) is 10.0. The Bertz CT molecular complexity index is 3300. The molecule has 0 unspecified atom stereocenters. The summed E-state index contributed by atoms with van der Waals surface area (Å²) in [5.74, 6) is 2.34. The van der Waals surface area contributed by atoms with Gasteiger partial charge in [-0.25, -0.2) is 9.97 Å². The van der Waals surface area contributed by atoms with Gasteiger partial charge in [-0.3, -0.25) is 0 Å². The maximum Gasteiger partial charge on any atom is 0.160 e. The Morgan fingerprint density at radius 1 is 0.435 bits per heavy atom. The summed E-state index contributed by atoms with van der Waals surface area (Å²) in [5.41, 5.74) is 20.9. The highest BCUT2D eigenvalue weighted by Crippen LogP contribution is 2.49. The first-order valence-corrected chi connectivity index (χ1v) is 21.6. The minimum atomic E-state index is 0.677. The van der Waals surface area contributed by atoms with E-state index in [1.165, 1.54) is 25.7 Å². The number of nitrogen functional groups attached to an aromatic ring is 1. The molecule has 0 saturated heterocycles. The van der Waals surface area contributed by atoms with E-state index < -0.39 is 0 Å². The molecule has 0 aliphatic heterocycles. The zero-order valence-electron chi connectivity index (χ0n) is 33.7. The van der Waals surface area contributed by atoms with E-state index in [1.807, 2.05) is 65.9 Å². The average Bonchev–Trinajstić information content (AvgIpc) is 3.91. The number of para-hydroxylation sites is 1. The van der Waals surface area contributed by atoms with Gasteiger partial charge in [-0.1, -0.05) is 182 Å². The molecule has 0 bridgehead atoms. The minimum Gasteiger partial charge on any atom is -0.455 e. The highest BCUT2D eigenvalue weighted by atomic mass is 32.1. The summed E-state index contributed by atoms with van der Waals surface area (Å²) in [6.07, 6.45) is 0.677. The molecule has 0 fully saturated rings. The van der Waals surface area contributed by atoms with E-state index >= 15 is 0 Å². The summed E-state index contributed by atoms with van der Waals surface area (Å²) in [5, 5.41) is 2.48. The SMILES string of the molecule is Nc1ccccc1-c1oc(-c2cccc3c2sc2ccccc23)c(-c2ccc(-c3ccc(-c4cc(-c5ccccc5)nc(-c5ccccc5)n4)cc3)cc2)c1Cc1ccccc1. The molecule has 0 aliphatic carbocycles. The van der Waals surface area contributed by atoms with E-state index in [0.29, 0.717) is 17.9 Å². The molecule has 4 nitrogen and oxygen atoms in total. The third kappa shape index (κ3) is 6.94. The van der Waals surface area contributed by atoms with E-state index in [2.05, 4.69) is 158 Å². The Morgan fingerprint density at radius 2 is 0.968 bits per heavy atom. The predicted octanol–water partition coefficient (Wildman–Crippen LogP) is 15.3. The van der Waals surface area contributed by atoms with Crippen LogP contribution in [0.3, 0.4) is 0 Å². The van der Waals surface area contributed by atoms with Gasteiger partial charge in [0.2, 0.25) is 0 Å². The van der Waals surface area contributed by atoms with Gasteiger partial charge in [-0.15, -0.1) is 11.3 Å². The van der Waals surface area contributed by atoms with Crippen molar-refractivity contribution in [3.63, 3.8) is 0 Å². The molecule has 0 atom stereocenters. The Morgan fingerprint density at radius 3 is 1.66 bits per heavy atom. The van der Waals surface area contributed by atoms with Crippen LogP contribution in [0.5, 0.6) is 0 Å². The lowest BCUT2D eigenvalue weighted by Crippen LogP contribution is -1.96. The lowest BCUT2D eigenvalue weighted by Gasteiger charge is -2.11. The number of anilines is 1. The van der Waals surface area contributed by atoms with Crippen molar-refractivity contribution in [1.29, 1.82) is 0 Å². The van der Waals surface area contributed by atoms with Gasteiger partial charge in [0.25, 0.3) is 0 Å². The Hall–Kier alpha value is -7.86. The van der Waals surface area contributed by atoms with Crippen LogP contribution in [0.15, 0.2) is 217 Å². The zero-order valence-corrected chi connectivity index (χ0v) is 34.5. The quantitative estimate of drug-likeness (QED) is 0.147. The molecular formula is C57H39N3OS. The normalized spacial score (nSPS) is 11.4. The Labute approximate surface area is 364 Å². The average molecular weight is 814 g/mol. The molecule has 3 aromatic heterocycles. The van der Waals surface area contributed by atoms with Gasteiger partial charge < -0.3 is 10.2 Å². The highest BCUT2D eigenvalue weighted by Gasteiger charge is 2.27. The molecule has 8 aromatic carbocycles. The van der Waals surface area contributed by atoms with Crippen LogP contribution in [-0.2, 0) is 6.42 Å². The molecule has 0 amide bonds. The van der Waals surface area contributed by atoms with Gasteiger partial charge in [-0.05, 0) is 52.6 Å². The van der Waals surface area contributed by atoms with E-state index in [4.69, 9.17) is 20.1 Å². The van der Waals surface area contributed by atoms with Crippen molar-refractivity contribution < 1.29 is 4.42 Å². The van der Waals surface area contributed by atoms with Crippen molar-refractivity contribution >= 4 is 37.2 Å². The summed E-state index contributed by atoms with van der Waals surface area (Å²) < 4.78 is 9.65. The van der Waals surface area contributed by atoms with Crippen molar-refractivity contribution in [2.75, 3.05) is 5.73 Å². The van der Waals surface area contributed by atoms with Crippen LogP contribution in [0.4, 0.5) is 5.69 Å². The first-order chi connectivity index (χ1) is 30.6. The molecule has 11 aromatic rings. The third-order valence-corrected chi connectivity index (χ3v) is 12.8. The van der Waals surface area contributed by atoms with Gasteiger partial charge in [0, 0.05) is 71.2 Å². The molecule has 0 spiro atoms. The van der Waals surface area contributed by atoms with Crippen LogP contribution < -0.4 is 5.73 Å². The number of aromatic nitrogens is 2. The monoisotopic (exact) mass is 813 g/mol. The van der Waals surface area contributed by atoms with Gasteiger partial charge in [0.05, 0.1) is 11.4 Å². The number of thiophene rings is 1. The van der Waals surface area contributed by atoms with Gasteiger partial charge in [0.15, 0.2) is 5.82 Å². The lowest BCUT2D eigenvalue weighted by molar-refractivity contribution is 0.596. The van der Waals surface area contributed by atoms with Crippen LogP contribution in [0, 0.1) is 0 Å². The van der Waals surface area contributed by atoms with Crippen molar-refractivity contribution in [2.45, 2.75) is 6.42 Å². The van der Waals surface area contributed by atoms with Crippen LogP contribution in [0.25, 0.3) is 99.0 Å². The van der Waals surface area contributed by atoms with Gasteiger partial charge in [-0.2, -0.15) is 0 Å². The first kappa shape index (κ1) is 37.2. The number of hydrogen-bond donors (Lipinski definition) is 1. The van der Waals surface area contributed by atoms with Crippen molar-refractivity contribution in [1.82, 2.24) is 9.97 Å². The second-order valence-electron chi connectivity index (χ2n) is 15.5. The number of fused-ring (bicyclic) bond motifs is 3. The van der Waals surface area contributed by atoms with Crippen LogP contribution in [-0.4, -0.2) is 9.97 Å². The second-order valence-corrected chi connectivity index (χ2v) is 16.5. The second kappa shape index (κ2) is 16.0. The Balaban J connectivity index is 1.02. The van der Waals surface area contributed by atoms with Crippen LogP contribution in [0.2, 0.25) is 0 Å². The first-order valence-electron chi connectivity index (χ1n) is 20.8. The number of nitrogens with two attached hydrogens (primary N) is 1. The fourth-order valence-corrected chi connectivity index (χ4v) is 9.72. The summed E-state index contributed by atoms with van der Waals surface area (Å²) in [7, 11) is 0. The molecule has 3 heterocycles. The topological polar surface area (TPSA) is 64.9 Å². The molecule has 294 valence electrons. The van der Waals surface area contributed by atoms with E-state index in [9.17, 15) is 0 Å². The van der Waals surface area contributed by atoms with Crippen molar-refractivity contribution in [3.05, 3.63) is 223 Å². The number of benzene rings is 8. The molecule has 0 saturated carbocycles. The number of hydrogen-bond acceptors (Lipinski definition) is 5. The molecular weight excluding hydrogens is 775 g/mol. The molecule has 2 N–H and O–H groups in total. The summed E-state index contributed by atoms with van der Waals surface area (Å²) >= 11 is 1.81. The molecule has 0 radical (unpaired) electrons. The van der Waals surface area contributed by atoms with Crippen molar-refractivity contribution in [3.8, 4) is 78.8 Å². The third-order valence-electron chi connectivity index (χ3n) is 11.6. The van der Waals surface area contributed by atoms with E-state index in [1.54, 1.807) is 0 Å². The summed E-state index contributed by atoms with van der Waals surface area (Å²) in [6, 6.07) is 74.0. The summed E-state index contributed by atoms with van der Waals surface area (Å²) in [6.45, 7) is 0. The highest BCUT2D eigenvalue weighted by molar-refractivity contribution is 7.26. The fraction of sp³-hybridized carbons (Fsp3) is 0.0175.